The predicted octanol–water partition coefficient (Wildman–Crippen LogP) is 1.39. The Labute approximate surface area is 110 Å². The van der Waals surface area contributed by atoms with Crippen LogP contribution in [0.4, 0.5) is 17.5 Å². The Kier molecular flexibility index (Phi) is 3.75. The second-order valence-corrected chi connectivity index (χ2v) is 3.53. The highest BCUT2D eigenvalue weighted by Gasteiger charge is 2.09. The van der Waals surface area contributed by atoms with Crippen molar-refractivity contribution in [2.75, 3.05) is 17.9 Å². The second-order valence-electron chi connectivity index (χ2n) is 3.53. The number of nitrogens with one attached hydrogen (secondary N) is 2. The molecule has 1 aromatic heterocycles. The summed E-state index contributed by atoms with van der Waals surface area (Å²) in [5, 5.41) is 12.1. The Morgan fingerprint density at radius 3 is 2.89 bits per heavy atom. The maximum atomic E-state index is 9.11. The molecule has 7 nitrogen and oxygen atoms in total. The first-order valence-corrected chi connectivity index (χ1v) is 5.42. The molecule has 0 aliphatic carbocycles. The highest BCUT2D eigenvalue weighted by atomic mass is 16.5. The molecular weight excluding hydrogens is 244 g/mol. The van der Waals surface area contributed by atoms with Gasteiger partial charge in [0.15, 0.2) is 0 Å². The summed E-state index contributed by atoms with van der Waals surface area (Å²) in [7, 11) is 1.54. The molecular formula is C12H12N6O. The molecule has 0 aliphatic rings. The Bertz CT molecular complexity index is 622. The first kappa shape index (κ1) is 12.6. The van der Waals surface area contributed by atoms with Gasteiger partial charge in [-0.05, 0) is 18.2 Å². The van der Waals surface area contributed by atoms with Gasteiger partial charge in [-0.1, -0.05) is 6.07 Å². The predicted molar refractivity (Wildman–Crippen MR) is 70.8 cm³/mol. The molecule has 2 rings (SSSR count). The van der Waals surface area contributed by atoms with Crippen LogP contribution in [0.15, 0.2) is 30.5 Å². The minimum Gasteiger partial charge on any atom is -0.495 e. The van der Waals surface area contributed by atoms with Crippen molar-refractivity contribution in [3.05, 3.63) is 36.0 Å². The summed E-state index contributed by atoms with van der Waals surface area (Å²) in [6.07, 6.45) is 1.55. The lowest BCUT2D eigenvalue weighted by molar-refractivity contribution is 0.416. The van der Waals surface area contributed by atoms with Crippen LogP contribution in [0, 0.1) is 11.3 Å². The van der Waals surface area contributed by atoms with Crippen molar-refractivity contribution >= 4 is 17.5 Å². The van der Waals surface area contributed by atoms with Crippen molar-refractivity contribution in [3.63, 3.8) is 0 Å². The molecule has 19 heavy (non-hydrogen) atoms. The molecule has 0 bridgehead atoms. The molecule has 96 valence electrons. The molecule has 1 aromatic carbocycles. The van der Waals surface area contributed by atoms with Gasteiger partial charge in [0.05, 0.1) is 12.7 Å². The Hall–Kier alpha value is -2.85. The average molecular weight is 256 g/mol. The van der Waals surface area contributed by atoms with E-state index in [1.807, 2.05) is 0 Å². The van der Waals surface area contributed by atoms with Gasteiger partial charge in [0.25, 0.3) is 0 Å². The number of nitriles is 1. The van der Waals surface area contributed by atoms with Gasteiger partial charge in [0.1, 0.15) is 23.3 Å². The molecule has 0 aliphatic heterocycles. The van der Waals surface area contributed by atoms with Gasteiger partial charge >= 0.3 is 0 Å². The van der Waals surface area contributed by atoms with E-state index in [9.17, 15) is 0 Å². The van der Waals surface area contributed by atoms with Crippen molar-refractivity contribution in [3.8, 4) is 11.8 Å². The highest BCUT2D eigenvalue weighted by Crippen LogP contribution is 2.30. The molecule has 1 heterocycles. The number of nitrogen functional groups attached to an aromatic ring is 1. The van der Waals surface area contributed by atoms with Crippen LogP contribution in [0.3, 0.4) is 0 Å². The van der Waals surface area contributed by atoms with E-state index >= 15 is 0 Å². The highest BCUT2D eigenvalue weighted by molar-refractivity contribution is 5.71. The Morgan fingerprint density at radius 1 is 1.37 bits per heavy atom. The monoisotopic (exact) mass is 256 g/mol. The van der Waals surface area contributed by atoms with E-state index in [2.05, 4.69) is 26.8 Å². The SMILES string of the molecule is COc1cccc(C#N)c1Nc1ccnc(NN)n1. The number of ether oxygens (including phenoxy) is 1. The quantitative estimate of drug-likeness (QED) is 0.560. The fourth-order valence-electron chi connectivity index (χ4n) is 1.55. The maximum Gasteiger partial charge on any atom is 0.239 e. The largest absolute Gasteiger partial charge is 0.495 e. The first-order chi connectivity index (χ1) is 9.28. The molecule has 0 saturated heterocycles. The van der Waals surface area contributed by atoms with Crippen molar-refractivity contribution in [2.24, 2.45) is 5.84 Å². The number of benzene rings is 1. The van der Waals surface area contributed by atoms with Crippen LogP contribution in [0.1, 0.15) is 5.56 Å². The fraction of sp³-hybridized carbons (Fsp3) is 0.0833. The van der Waals surface area contributed by atoms with E-state index in [1.54, 1.807) is 30.5 Å². The van der Waals surface area contributed by atoms with Crippen LogP contribution in [0.25, 0.3) is 0 Å². The van der Waals surface area contributed by atoms with Crippen molar-refractivity contribution < 1.29 is 4.74 Å². The molecule has 0 atom stereocenters. The van der Waals surface area contributed by atoms with Crippen molar-refractivity contribution in [1.82, 2.24) is 9.97 Å². The van der Waals surface area contributed by atoms with E-state index in [0.717, 1.165) is 0 Å². The molecule has 0 radical (unpaired) electrons. The van der Waals surface area contributed by atoms with E-state index < -0.39 is 0 Å². The topological polar surface area (TPSA) is 109 Å². The van der Waals surface area contributed by atoms with Crippen LogP contribution in [-0.2, 0) is 0 Å². The first-order valence-electron chi connectivity index (χ1n) is 5.42. The van der Waals surface area contributed by atoms with Crippen LogP contribution in [-0.4, -0.2) is 17.1 Å². The number of nitrogens with zero attached hydrogens (tertiary/aromatic N) is 3. The summed E-state index contributed by atoms with van der Waals surface area (Å²) in [6.45, 7) is 0. The maximum absolute atomic E-state index is 9.11. The summed E-state index contributed by atoms with van der Waals surface area (Å²) in [5.41, 5.74) is 3.36. The van der Waals surface area contributed by atoms with Gasteiger partial charge in [-0.25, -0.2) is 10.8 Å². The third-order valence-corrected chi connectivity index (χ3v) is 2.40. The number of rotatable bonds is 4. The van der Waals surface area contributed by atoms with Gasteiger partial charge < -0.3 is 10.1 Å². The van der Waals surface area contributed by atoms with Gasteiger partial charge in [-0.2, -0.15) is 10.2 Å². The molecule has 0 fully saturated rings. The van der Waals surface area contributed by atoms with E-state index in [1.165, 1.54) is 7.11 Å². The molecule has 0 unspecified atom stereocenters. The van der Waals surface area contributed by atoms with Crippen molar-refractivity contribution in [1.29, 1.82) is 5.26 Å². The Balaban J connectivity index is 2.39. The van der Waals surface area contributed by atoms with Gasteiger partial charge in [-0.3, -0.25) is 5.43 Å². The number of anilines is 3. The lowest BCUT2D eigenvalue weighted by atomic mass is 10.2. The number of hydrogen-bond donors (Lipinski definition) is 3. The zero-order valence-electron chi connectivity index (χ0n) is 10.2. The summed E-state index contributed by atoms with van der Waals surface area (Å²) in [4.78, 5) is 8.02. The fourth-order valence-corrected chi connectivity index (χ4v) is 1.55. The van der Waals surface area contributed by atoms with Gasteiger partial charge in [0, 0.05) is 6.20 Å². The number of aromatic nitrogens is 2. The third kappa shape index (κ3) is 2.70. The Morgan fingerprint density at radius 2 is 2.21 bits per heavy atom. The van der Waals surface area contributed by atoms with Crippen LogP contribution < -0.4 is 21.3 Å². The summed E-state index contributed by atoms with van der Waals surface area (Å²) >= 11 is 0. The lowest BCUT2D eigenvalue weighted by Gasteiger charge is -2.12. The molecule has 7 heteroatoms. The second kappa shape index (κ2) is 5.66. The number of hydrogen-bond acceptors (Lipinski definition) is 7. The molecule has 2 aromatic rings. The smallest absolute Gasteiger partial charge is 0.239 e. The third-order valence-electron chi connectivity index (χ3n) is 2.40. The summed E-state index contributed by atoms with van der Waals surface area (Å²) in [6, 6.07) is 8.94. The minimum absolute atomic E-state index is 0.276. The van der Waals surface area contributed by atoms with Crippen LogP contribution in [0.2, 0.25) is 0 Å². The molecule has 0 spiro atoms. The number of nitrogens with two attached hydrogens (primary N) is 1. The minimum atomic E-state index is 0.276. The van der Waals surface area contributed by atoms with Gasteiger partial charge in [0.2, 0.25) is 5.95 Å². The van der Waals surface area contributed by atoms with Crippen LogP contribution in [0.5, 0.6) is 5.75 Å². The van der Waals surface area contributed by atoms with Gasteiger partial charge in [-0.15, -0.1) is 0 Å². The zero-order chi connectivity index (χ0) is 13.7. The number of para-hydroxylation sites is 1. The van der Waals surface area contributed by atoms with E-state index in [-0.39, 0.29) is 5.95 Å². The average Bonchev–Trinajstić information content (AvgIpc) is 2.47. The molecule has 0 amide bonds. The number of hydrazine groups is 1. The molecule has 0 saturated carbocycles. The molecule has 4 N–H and O–H groups in total. The normalized spacial score (nSPS) is 9.53. The standard InChI is InChI=1S/C12H12N6O/c1-19-9-4-2-3-8(7-13)11(9)16-10-5-6-15-12(17-10)18-14/h2-6H,14H2,1H3,(H2,15,16,17,18). The lowest BCUT2D eigenvalue weighted by Crippen LogP contribution is -2.11. The number of methoxy groups -OCH3 is 1. The summed E-state index contributed by atoms with van der Waals surface area (Å²) < 4.78 is 5.22. The summed E-state index contributed by atoms with van der Waals surface area (Å²) in [5.74, 6) is 6.58. The van der Waals surface area contributed by atoms with Crippen molar-refractivity contribution in [2.45, 2.75) is 0 Å². The van der Waals surface area contributed by atoms with E-state index in [0.29, 0.717) is 22.8 Å². The van der Waals surface area contributed by atoms with E-state index in [4.69, 9.17) is 15.8 Å². The zero-order valence-corrected chi connectivity index (χ0v) is 10.2. The van der Waals surface area contributed by atoms with Crippen LogP contribution >= 0.6 is 0 Å².